The number of hydrogen-bond donors (Lipinski definition) is 1. The molecule has 1 aromatic carbocycles. The maximum Gasteiger partial charge on any atom is 0.248 e. The highest BCUT2D eigenvalue weighted by molar-refractivity contribution is 6.31. The number of carbonyl (C=O) groups is 2. The van der Waals surface area contributed by atoms with Crippen molar-refractivity contribution in [3.8, 4) is 11.4 Å². The summed E-state index contributed by atoms with van der Waals surface area (Å²) in [5.74, 6) is 0.779. The van der Waals surface area contributed by atoms with Gasteiger partial charge in [-0.3, -0.25) is 14.5 Å². The zero-order valence-corrected chi connectivity index (χ0v) is 25.4. The Morgan fingerprint density at radius 2 is 1.95 bits per heavy atom. The van der Waals surface area contributed by atoms with Gasteiger partial charge in [0.25, 0.3) is 0 Å². The van der Waals surface area contributed by atoms with Gasteiger partial charge >= 0.3 is 0 Å². The van der Waals surface area contributed by atoms with Crippen LogP contribution in [0.15, 0.2) is 42.9 Å². The Morgan fingerprint density at radius 3 is 2.67 bits per heavy atom. The summed E-state index contributed by atoms with van der Waals surface area (Å²) in [5, 5.41) is 8.11. The molecule has 2 aromatic heterocycles. The number of nitrogens with zero attached hydrogens (tertiary/aromatic N) is 6. The highest BCUT2D eigenvalue weighted by atomic mass is 35.5. The third-order valence-electron chi connectivity index (χ3n) is 8.24. The minimum Gasteiger partial charge on any atom is -0.356 e. The van der Waals surface area contributed by atoms with Gasteiger partial charge in [0.2, 0.25) is 11.8 Å². The third-order valence-corrected chi connectivity index (χ3v) is 8.66. The molecule has 42 heavy (non-hydrogen) atoms. The van der Waals surface area contributed by atoms with Gasteiger partial charge in [-0.15, -0.1) is 0 Å². The topological polar surface area (TPSA) is 105 Å². The molecule has 0 bridgehead atoms. The molecule has 10 nitrogen and oxygen atoms in total. The molecule has 0 radical (unpaired) electrons. The Kier molecular flexibility index (Phi) is 9.87. The molecule has 1 N–H and O–H groups in total. The van der Waals surface area contributed by atoms with Crippen LogP contribution in [0.5, 0.6) is 0 Å². The van der Waals surface area contributed by atoms with Crippen LogP contribution in [-0.4, -0.2) is 73.1 Å². The molecule has 0 saturated carbocycles. The number of amides is 2. The number of ether oxygens (including phenoxy) is 1. The molecule has 3 aromatic rings. The largest absolute Gasteiger partial charge is 0.356 e. The Labute approximate surface area is 252 Å². The maximum atomic E-state index is 13.5. The molecule has 2 fully saturated rings. The summed E-state index contributed by atoms with van der Waals surface area (Å²) < 4.78 is 7.70. The zero-order valence-electron chi connectivity index (χ0n) is 24.6. The van der Waals surface area contributed by atoms with Crippen LogP contribution in [0.3, 0.4) is 0 Å². The molecule has 224 valence electrons. The summed E-state index contributed by atoms with van der Waals surface area (Å²) in [6.07, 6.45) is 7.96. The van der Waals surface area contributed by atoms with Crippen molar-refractivity contribution in [1.82, 2.24) is 29.5 Å². The Bertz CT molecular complexity index is 1380. The molecule has 0 aliphatic carbocycles. The van der Waals surface area contributed by atoms with Crippen molar-refractivity contribution in [2.75, 3.05) is 25.0 Å². The fourth-order valence-electron chi connectivity index (χ4n) is 5.92. The van der Waals surface area contributed by atoms with E-state index in [1.807, 2.05) is 26.0 Å². The van der Waals surface area contributed by atoms with Crippen LogP contribution < -0.4 is 5.32 Å². The molecule has 2 amide bonds. The number of aromatic nitrogens is 4. The molecule has 2 atom stereocenters. The average molecular weight is 594 g/mol. The second-order valence-corrected chi connectivity index (χ2v) is 11.6. The molecule has 4 heterocycles. The van der Waals surface area contributed by atoms with Crippen molar-refractivity contribution < 1.29 is 14.3 Å². The van der Waals surface area contributed by atoms with Crippen LogP contribution in [0.25, 0.3) is 11.4 Å². The molecular formula is C31H40ClN7O3. The minimum atomic E-state index is -0.641. The monoisotopic (exact) mass is 593 g/mol. The molecule has 2 aliphatic heterocycles. The molecular weight excluding hydrogens is 554 g/mol. The number of piperidine rings is 1. The maximum absolute atomic E-state index is 13.5. The summed E-state index contributed by atoms with van der Waals surface area (Å²) in [5.41, 5.74) is 3.08. The number of hydrogen-bond acceptors (Lipinski definition) is 7. The Balaban J connectivity index is 1.23. The van der Waals surface area contributed by atoms with Crippen molar-refractivity contribution in [3.05, 3.63) is 59.0 Å². The minimum absolute atomic E-state index is 0.00487. The summed E-state index contributed by atoms with van der Waals surface area (Å²) in [6.45, 7) is 8.90. The van der Waals surface area contributed by atoms with Crippen LogP contribution in [0.2, 0.25) is 5.02 Å². The quantitative estimate of drug-likeness (QED) is 0.362. The molecule has 1 unspecified atom stereocenters. The lowest BCUT2D eigenvalue weighted by Gasteiger charge is -2.41. The summed E-state index contributed by atoms with van der Waals surface area (Å²) >= 11 is 6.19. The van der Waals surface area contributed by atoms with Gasteiger partial charge in [-0.05, 0) is 75.3 Å². The smallest absolute Gasteiger partial charge is 0.248 e. The van der Waals surface area contributed by atoms with Gasteiger partial charge in [-0.25, -0.2) is 14.6 Å². The highest BCUT2D eigenvalue weighted by Crippen LogP contribution is 2.28. The SMILES string of the molecule is CCC(=O)N(C1CCN(Cc2ccc(Cl)c(C)c2)CC1)[C@H](C)C(=O)Nc1cc(-c2ncnn2C2CCCCO2)ccn1. The van der Waals surface area contributed by atoms with Gasteiger partial charge in [0.1, 0.15) is 18.2 Å². The average Bonchev–Trinajstić information content (AvgIpc) is 3.51. The molecule has 11 heteroatoms. The van der Waals surface area contributed by atoms with E-state index in [1.54, 1.807) is 28.8 Å². The number of nitrogens with one attached hydrogen (secondary N) is 1. The number of rotatable bonds is 9. The van der Waals surface area contributed by atoms with E-state index in [4.69, 9.17) is 16.3 Å². The Morgan fingerprint density at radius 1 is 1.14 bits per heavy atom. The lowest BCUT2D eigenvalue weighted by molar-refractivity contribution is -0.141. The number of likely N-dealkylation sites (tertiary alicyclic amines) is 1. The predicted octanol–water partition coefficient (Wildman–Crippen LogP) is 5.23. The van der Waals surface area contributed by atoms with Gasteiger partial charge in [0.05, 0.1) is 0 Å². The van der Waals surface area contributed by atoms with Gasteiger partial charge < -0.3 is 15.0 Å². The van der Waals surface area contributed by atoms with Gasteiger partial charge in [-0.2, -0.15) is 5.10 Å². The number of benzene rings is 1. The van der Waals surface area contributed by atoms with Gasteiger partial charge in [0.15, 0.2) is 12.1 Å². The van der Waals surface area contributed by atoms with E-state index in [2.05, 4.69) is 37.4 Å². The molecule has 0 spiro atoms. The van der Waals surface area contributed by atoms with E-state index in [0.717, 1.165) is 67.9 Å². The summed E-state index contributed by atoms with van der Waals surface area (Å²) in [6, 6.07) is 9.13. The number of halogens is 1. The molecule has 2 aliphatic rings. The van der Waals surface area contributed by atoms with Crippen molar-refractivity contribution >= 4 is 29.2 Å². The van der Waals surface area contributed by atoms with Crippen molar-refractivity contribution in [2.45, 2.75) is 84.2 Å². The first-order valence-electron chi connectivity index (χ1n) is 14.9. The lowest BCUT2D eigenvalue weighted by Crippen LogP contribution is -2.54. The van der Waals surface area contributed by atoms with E-state index in [-0.39, 0.29) is 24.1 Å². The second-order valence-electron chi connectivity index (χ2n) is 11.2. The standard InChI is InChI=1S/C31H40ClN7O3/c1-4-28(40)38(25-11-14-37(15-12-25)19-23-8-9-26(32)21(2)17-23)22(3)31(41)36-27-18-24(10-13-33-27)30-34-20-35-39(30)29-7-5-6-16-42-29/h8-10,13,17-18,20,22,25,29H,4-7,11-12,14-16,19H2,1-3H3,(H,33,36,41)/t22-,29?/m1/s1. The van der Waals surface area contributed by atoms with Crippen LogP contribution in [0.4, 0.5) is 5.82 Å². The van der Waals surface area contributed by atoms with Crippen molar-refractivity contribution in [1.29, 1.82) is 0 Å². The number of anilines is 1. The van der Waals surface area contributed by atoms with E-state index < -0.39 is 6.04 Å². The van der Waals surface area contributed by atoms with Crippen molar-refractivity contribution in [3.63, 3.8) is 0 Å². The van der Waals surface area contributed by atoms with Crippen LogP contribution >= 0.6 is 11.6 Å². The first-order chi connectivity index (χ1) is 20.3. The first kappa shape index (κ1) is 30.1. The number of aryl methyl sites for hydroxylation is 1. The predicted molar refractivity (Wildman–Crippen MR) is 162 cm³/mol. The third kappa shape index (κ3) is 6.99. The zero-order chi connectivity index (χ0) is 29.6. The summed E-state index contributed by atoms with van der Waals surface area (Å²) in [7, 11) is 0. The molecule has 5 rings (SSSR count). The molecule has 2 saturated heterocycles. The summed E-state index contributed by atoms with van der Waals surface area (Å²) in [4.78, 5) is 39.6. The highest BCUT2D eigenvalue weighted by Gasteiger charge is 2.34. The van der Waals surface area contributed by atoms with Crippen LogP contribution in [0, 0.1) is 6.92 Å². The van der Waals surface area contributed by atoms with E-state index in [1.165, 1.54) is 11.9 Å². The second kappa shape index (κ2) is 13.8. The van der Waals surface area contributed by atoms with Crippen LogP contribution in [0.1, 0.15) is 69.7 Å². The normalized spacial score (nSPS) is 18.9. The first-order valence-corrected chi connectivity index (χ1v) is 15.3. The van der Waals surface area contributed by atoms with Crippen molar-refractivity contribution in [2.24, 2.45) is 0 Å². The lowest BCUT2D eigenvalue weighted by atomic mass is 9.99. The van der Waals surface area contributed by atoms with Gasteiger partial charge in [0, 0.05) is 55.5 Å². The van der Waals surface area contributed by atoms with E-state index in [0.29, 0.717) is 24.7 Å². The van der Waals surface area contributed by atoms with E-state index in [9.17, 15) is 9.59 Å². The van der Waals surface area contributed by atoms with Crippen LogP contribution in [-0.2, 0) is 20.9 Å². The fourth-order valence-corrected chi connectivity index (χ4v) is 6.03. The number of pyridine rings is 1. The van der Waals surface area contributed by atoms with Gasteiger partial charge in [-0.1, -0.05) is 30.7 Å². The number of carbonyl (C=O) groups excluding carboxylic acids is 2. The van der Waals surface area contributed by atoms with E-state index >= 15 is 0 Å². The fraction of sp³-hybridized carbons (Fsp3) is 0.516. The Hall–Kier alpha value is -3.34.